The van der Waals surface area contributed by atoms with Crippen molar-refractivity contribution in [2.24, 2.45) is 0 Å². The van der Waals surface area contributed by atoms with Gasteiger partial charge in [-0.15, -0.1) is 0 Å². The van der Waals surface area contributed by atoms with E-state index in [9.17, 15) is 9.59 Å². The Labute approximate surface area is 193 Å². The summed E-state index contributed by atoms with van der Waals surface area (Å²) < 4.78 is 11.7. The zero-order valence-corrected chi connectivity index (χ0v) is 18.7. The van der Waals surface area contributed by atoms with Gasteiger partial charge in [-0.05, 0) is 35.6 Å². The van der Waals surface area contributed by atoms with E-state index in [-0.39, 0.29) is 29.4 Å². The van der Waals surface area contributed by atoms with Crippen LogP contribution < -0.4 is 5.32 Å². The molecule has 1 aromatic heterocycles. The van der Waals surface area contributed by atoms with Crippen LogP contribution in [-0.4, -0.2) is 35.9 Å². The molecule has 1 aliphatic carbocycles. The third kappa shape index (κ3) is 3.95. The maximum Gasteiger partial charge on any atom is 0.257 e. The van der Waals surface area contributed by atoms with Crippen molar-refractivity contribution in [2.75, 3.05) is 13.1 Å². The number of fused-ring (bicyclic) bond motifs is 2. The average molecular weight is 445 g/mol. The zero-order chi connectivity index (χ0) is 22.8. The highest BCUT2D eigenvalue weighted by Gasteiger charge is 2.54. The predicted molar refractivity (Wildman–Crippen MR) is 124 cm³/mol. The summed E-state index contributed by atoms with van der Waals surface area (Å²) >= 11 is 0. The Kier molecular flexibility index (Phi) is 5.77. The van der Waals surface area contributed by atoms with Crippen LogP contribution in [0.25, 0.3) is 0 Å². The molecule has 2 aromatic carbocycles. The second kappa shape index (κ2) is 8.87. The predicted octanol–water partition coefficient (Wildman–Crippen LogP) is 4.23. The lowest BCUT2D eigenvalue weighted by atomic mass is 9.71. The first-order chi connectivity index (χ1) is 16.1. The summed E-state index contributed by atoms with van der Waals surface area (Å²) in [6.07, 6.45) is 4.34. The standard InChI is InChI=1S/C27H28N2O4/c1-19(30)28-24-22-9-5-6-10-23(22)27(25(24)33-17-20-7-3-2-4-8-20)12-14-29(15-13-27)26(31)21-11-16-32-18-21/h2-11,16,18,24-25H,12-15,17H2,1H3,(H,28,30)/t24-,25+/m1/s1. The number of likely N-dealkylation sites (tertiary alicyclic amines) is 1. The highest BCUT2D eigenvalue weighted by atomic mass is 16.5. The molecule has 33 heavy (non-hydrogen) atoms. The number of benzene rings is 2. The Balaban J connectivity index is 1.45. The van der Waals surface area contributed by atoms with Crippen molar-refractivity contribution in [2.45, 2.75) is 43.9 Å². The fourth-order valence-corrected chi connectivity index (χ4v) is 5.48. The molecule has 3 aromatic rings. The van der Waals surface area contributed by atoms with Crippen molar-refractivity contribution in [3.63, 3.8) is 0 Å². The van der Waals surface area contributed by atoms with Gasteiger partial charge < -0.3 is 19.4 Å². The van der Waals surface area contributed by atoms with E-state index in [1.807, 2.05) is 47.4 Å². The highest BCUT2D eigenvalue weighted by molar-refractivity contribution is 5.93. The molecule has 0 saturated carbocycles. The average Bonchev–Trinajstić information content (AvgIpc) is 3.46. The lowest BCUT2D eigenvalue weighted by Crippen LogP contribution is -2.51. The lowest BCUT2D eigenvalue weighted by molar-refractivity contribution is -0.122. The van der Waals surface area contributed by atoms with Crippen LogP contribution in [0.2, 0.25) is 0 Å². The van der Waals surface area contributed by atoms with Gasteiger partial charge in [0, 0.05) is 25.4 Å². The molecular weight excluding hydrogens is 416 g/mol. The first-order valence-corrected chi connectivity index (χ1v) is 11.4. The van der Waals surface area contributed by atoms with Crippen LogP contribution in [0.3, 0.4) is 0 Å². The van der Waals surface area contributed by atoms with E-state index in [0.717, 1.165) is 24.0 Å². The summed E-state index contributed by atoms with van der Waals surface area (Å²) in [6.45, 7) is 3.26. The number of nitrogens with zero attached hydrogens (tertiary/aromatic N) is 1. The number of carbonyl (C=O) groups is 2. The molecule has 6 nitrogen and oxygen atoms in total. The summed E-state index contributed by atoms with van der Waals surface area (Å²) in [5.74, 6) is -0.0854. The summed E-state index contributed by atoms with van der Waals surface area (Å²) in [6, 6.07) is 19.9. The molecule has 1 spiro atoms. The molecule has 0 radical (unpaired) electrons. The molecule has 1 fully saturated rings. The Morgan fingerprint density at radius 2 is 1.79 bits per heavy atom. The molecule has 1 saturated heterocycles. The largest absolute Gasteiger partial charge is 0.472 e. The van der Waals surface area contributed by atoms with Crippen molar-refractivity contribution in [3.05, 3.63) is 95.4 Å². The summed E-state index contributed by atoms with van der Waals surface area (Å²) in [7, 11) is 0. The monoisotopic (exact) mass is 444 g/mol. The van der Waals surface area contributed by atoms with Gasteiger partial charge >= 0.3 is 0 Å². The van der Waals surface area contributed by atoms with Gasteiger partial charge in [-0.2, -0.15) is 0 Å². The fraction of sp³-hybridized carbons (Fsp3) is 0.333. The summed E-state index contributed by atoms with van der Waals surface area (Å²) in [5.41, 5.74) is 3.73. The van der Waals surface area contributed by atoms with Crippen molar-refractivity contribution < 1.29 is 18.7 Å². The topological polar surface area (TPSA) is 71.8 Å². The molecule has 2 aliphatic rings. The molecule has 170 valence electrons. The number of piperidine rings is 1. The van der Waals surface area contributed by atoms with E-state index in [4.69, 9.17) is 9.15 Å². The van der Waals surface area contributed by atoms with Gasteiger partial charge in [0.05, 0.1) is 30.6 Å². The maximum absolute atomic E-state index is 12.9. The molecule has 6 heteroatoms. The minimum atomic E-state index is -0.272. The Morgan fingerprint density at radius 1 is 1.06 bits per heavy atom. The molecule has 0 unspecified atom stereocenters. The summed E-state index contributed by atoms with van der Waals surface area (Å²) in [4.78, 5) is 26.9. The van der Waals surface area contributed by atoms with Gasteiger partial charge in [-0.25, -0.2) is 0 Å². The fourth-order valence-electron chi connectivity index (χ4n) is 5.48. The maximum atomic E-state index is 12.9. The lowest BCUT2D eigenvalue weighted by Gasteiger charge is -2.44. The smallest absolute Gasteiger partial charge is 0.257 e. The third-order valence-electron chi connectivity index (χ3n) is 7.02. The number of rotatable bonds is 5. The Bertz CT molecular complexity index is 1120. The number of nitrogens with one attached hydrogen (secondary N) is 1. The second-order valence-corrected chi connectivity index (χ2v) is 8.94. The Morgan fingerprint density at radius 3 is 2.48 bits per heavy atom. The van der Waals surface area contributed by atoms with E-state index in [2.05, 4.69) is 17.4 Å². The molecule has 2 atom stereocenters. The molecule has 2 heterocycles. The number of amides is 2. The Hall–Kier alpha value is -3.38. The highest BCUT2D eigenvalue weighted by Crippen LogP contribution is 2.52. The van der Waals surface area contributed by atoms with Crippen LogP contribution in [0.15, 0.2) is 77.6 Å². The van der Waals surface area contributed by atoms with Gasteiger partial charge in [-0.3, -0.25) is 9.59 Å². The molecule has 1 N–H and O–H groups in total. The number of ether oxygens (including phenoxy) is 1. The van der Waals surface area contributed by atoms with E-state index in [1.165, 1.54) is 18.1 Å². The van der Waals surface area contributed by atoms with Gasteiger partial charge in [0.2, 0.25) is 5.91 Å². The summed E-state index contributed by atoms with van der Waals surface area (Å²) in [5, 5.41) is 3.16. The first-order valence-electron chi connectivity index (χ1n) is 11.4. The van der Waals surface area contributed by atoms with Crippen molar-refractivity contribution in [1.82, 2.24) is 10.2 Å². The van der Waals surface area contributed by atoms with Crippen molar-refractivity contribution >= 4 is 11.8 Å². The van der Waals surface area contributed by atoms with Gasteiger partial charge in [0.15, 0.2) is 0 Å². The van der Waals surface area contributed by atoms with E-state index < -0.39 is 0 Å². The zero-order valence-electron chi connectivity index (χ0n) is 18.7. The number of hydrogen-bond acceptors (Lipinski definition) is 4. The number of carbonyl (C=O) groups excluding carboxylic acids is 2. The van der Waals surface area contributed by atoms with E-state index in [1.54, 1.807) is 13.0 Å². The second-order valence-electron chi connectivity index (χ2n) is 8.94. The van der Waals surface area contributed by atoms with Crippen LogP contribution >= 0.6 is 0 Å². The number of furan rings is 1. The molecule has 2 amide bonds. The molecule has 1 aliphatic heterocycles. The van der Waals surface area contributed by atoms with Gasteiger partial charge in [0.1, 0.15) is 6.26 Å². The molecular formula is C27H28N2O4. The van der Waals surface area contributed by atoms with Crippen LogP contribution in [0.4, 0.5) is 0 Å². The quantitative estimate of drug-likeness (QED) is 0.639. The van der Waals surface area contributed by atoms with Gasteiger partial charge in [0.25, 0.3) is 5.91 Å². The van der Waals surface area contributed by atoms with Crippen molar-refractivity contribution in [3.8, 4) is 0 Å². The molecule has 0 bridgehead atoms. The minimum Gasteiger partial charge on any atom is -0.472 e. The van der Waals surface area contributed by atoms with E-state index >= 15 is 0 Å². The van der Waals surface area contributed by atoms with Crippen molar-refractivity contribution in [1.29, 1.82) is 0 Å². The van der Waals surface area contributed by atoms with Crippen LogP contribution in [0, 0.1) is 0 Å². The SMILES string of the molecule is CC(=O)N[C@@H]1c2ccccc2C2(CCN(C(=O)c3ccoc3)CC2)[C@H]1OCc1ccccc1. The van der Waals surface area contributed by atoms with Crippen LogP contribution in [-0.2, 0) is 21.6 Å². The minimum absolute atomic E-state index is 0.00922. The number of hydrogen-bond donors (Lipinski definition) is 1. The third-order valence-corrected chi connectivity index (χ3v) is 7.02. The van der Waals surface area contributed by atoms with Gasteiger partial charge in [-0.1, -0.05) is 54.6 Å². The van der Waals surface area contributed by atoms with E-state index in [0.29, 0.717) is 25.3 Å². The van der Waals surface area contributed by atoms with Crippen LogP contribution in [0.5, 0.6) is 0 Å². The van der Waals surface area contributed by atoms with Crippen LogP contribution in [0.1, 0.15) is 52.9 Å². The molecule has 5 rings (SSSR count). The normalized spacial score (nSPS) is 21.1. The first kappa shape index (κ1) is 21.5.